The molecule has 2 aromatic rings. The lowest BCUT2D eigenvalue weighted by molar-refractivity contribution is 0.558. The zero-order chi connectivity index (χ0) is 14.5. The van der Waals surface area contributed by atoms with E-state index in [2.05, 4.69) is 5.32 Å². The summed E-state index contributed by atoms with van der Waals surface area (Å²) in [7, 11) is 0. The molecule has 0 aliphatic rings. The van der Waals surface area contributed by atoms with Crippen LogP contribution in [0, 0.1) is 11.6 Å². The van der Waals surface area contributed by atoms with E-state index in [0.29, 0.717) is 9.79 Å². The second-order valence-electron chi connectivity index (χ2n) is 4.50. The molecule has 0 bridgehead atoms. The Morgan fingerprint density at radius 3 is 2.60 bits per heavy atom. The van der Waals surface area contributed by atoms with E-state index in [-0.39, 0.29) is 17.7 Å². The number of rotatable bonds is 5. The molecule has 1 N–H and O–H groups in total. The summed E-state index contributed by atoms with van der Waals surface area (Å²) in [4.78, 5) is 1.24. The quantitative estimate of drug-likeness (QED) is 0.851. The zero-order valence-electron chi connectivity index (χ0n) is 11.5. The monoisotopic (exact) mass is 293 g/mol. The molecule has 0 heterocycles. The van der Waals surface area contributed by atoms with Crippen LogP contribution in [0.5, 0.6) is 0 Å². The minimum Gasteiger partial charge on any atom is -0.310 e. The molecular formula is C16H17F2NS. The van der Waals surface area contributed by atoms with Crippen LogP contribution < -0.4 is 5.32 Å². The van der Waals surface area contributed by atoms with Gasteiger partial charge < -0.3 is 5.32 Å². The van der Waals surface area contributed by atoms with Crippen molar-refractivity contribution in [3.63, 3.8) is 0 Å². The van der Waals surface area contributed by atoms with Crippen LogP contribution >= 0.6 is 11.8 Å². The molecule has 2 aromatic carbocycles. The fourth-order valence-electron chi connectivity index (χ4n) is 2.04. The van der Waals surface area contributed by atoms with Crippen LogP contribution in [0.15, 0.2) is 52.3 Å². The van der Waals surface area contributed by atoms with Crippen molar-refractivity contribution >= 4 is 11.8 Å². The standard InChI is InChI=1S/C16H17F2NS/c1-3-19-11(2)14-8-5-9-15(18)16(14)20-13-7-4-6-12(17)10-13/h4-11,19H,3H2,1-2H3. The summed E-state index contributed by atoms with van der Waals surface area (Å²) in [5.41, 5.74) is 0.890. The van der Waals surface area contributed by atoms with Gasteiger partial charge in [-0.25, -0.2) is 8.78 Å². The molecule has 20 heavy (non-hydrogen) atoms. The summed E-state index contributed by atoms with van der Waals surface area (Å²) in [6.45, 7) is 4.81. The summed E-state index contributed by atoms with van der Waals surface area (Å²) in [5, 5.41) is 3.27. The van der Waals surface area contributed by atoms with E-state index in [0.717, 1.165) is 12.1 Å². The van der Waals surface area contributed by atoms with Crippen LogP contribution in [0.4, 0.5) is 8.78 Å². The van der Waals surface area contributed by atoms with Crippen molar-refractivity contribution in [2.75, 3.05) is 6.54 Å². The molecule has 1 atom stereocenters. The molecule has 1 unspecified atom stereocenters. The summed E-state index contributed by atoms with van der Waals surface area (Å²) in [6, 6.07) is 11.3. The van der Waals surface area contributed by atoms with Crippen molar-refractivity contribution in [1.82, 2.24) is 5.32 Å². The second-order valence-corrected chi connectivity index (χ2v) is 5.58. The lowest BCUT2D eigenvalue weighted by atomic mass is 10.1. The van der Waals surface area contributed by atoms with Crippen LogP contribution in [-0.2, 0) is 0 Å². The van der Waals surface area contributed by atoms with Gasteiger partial charge in [-0.1, -0.05) is 36.9 Å². The smallest absolute Gasteiger partial charge is 0.137 e. The fraction of sp³-hybridized carbons (Fsp3) is 0.250. The maximum absolute atomic E-state index is 14.1. The van der Waals surface area contributed by atoms with E-state index in [4.69, 9.17) is 0 Å². The second kappa shape index (κ2) is 6.86. The van der Waals surface area contributed by atoms with Gasteiger partial charge in [0.2, 0.25) is 0 Å². The summed E-state index contributed by atoms with van der Waals surface area (Å²) in [5.74, 6) is -0.589. The highest BCUT2D eigenvalue weighted by Crippen LogP contribution is 2.35. The van der Waals surface area contributed by atoms with Gasteiger partial charge in [-0.2, -0.15) is 0 Å². The maximum Gasteiger partial charge on any atom is 0.137 e. The van der Waals surface area contributed by atoms with Crippen LogP contribution in [0.3, 0.4) is 0 Å². The van der Waals surface area contributed by atoms with Gasteiger partial charge >= 0.3 is 0 Å². The Morgan fingerprint density at radius 1 is 1.15 bits per heavy atom. The first kappa shape index (κ1) is 15.0. The third-order valence-corrected chi connectivity index (χ3v) is 4.11. The Morgan fingerprint density at radius 2 is 1.90 bits per heavy atom. The van der Waals surface area contributed by atoms with Gasteiger partial charge in [-0.15, -0.1) is 0 Å². The Hall–Kier alpha value is -1.39. The SMILES string of the molecule is CCNC(C)c1cccc(F)c1Sc1cccc(F)c1. The van der Waals surface area contributed by atoms with Crippen LogP contribution in [0.1, 0.15) is 25.5 Å². The van der Waals surface area contributed by atoms with Crippen LogP contribution in [0.2, 0.25) is 0 Å². The summed E-state index contributed by atoms with van der Waals surface area (Å²) < 4.78 is 27.3. The van der Waals surface area contributed by atoms with Crippen molar-refractivity contribution in [1.29, 1.82) is 0 Å². The van der Waals surface area contributed by atoms with Gasteiger partial charge in [0.1, 0.15) is 11.6 Å². The lowest BCUT2D eigenvalue weighted by Crippen LogP contribution is -2.18. The normalized spacial score (nSPS) is 12.4. The predicted octanol–water partition coefficient (Wildman–Crippen LogP) is 4.79. The van der Waals surface area contributed by atoms with Crippen molar-refractivity contribution in [2.45, 2.75) is 29.7 Å². The molecule has 2 rings (SSSR count). The molecule has 1 nitrogen and oxygen atoms in total. The summed E-state index contributed by atoms with van der Waals surface area (Å²) in [6.07, 6.45) is 0. The van der Waals surface area contributed by atoms with E-state index in [1.807, 2.05) is 19.9 Å². The number of nitrogens with one attached hydrogen (secondary N) is 1. The van der Waals surface area contributed by atoms with E-state index in [1.54, 1.807) is 18.2 Å². The summed E-state index contributed by atoms with van der Waals surface area (Å²) >= 11 is 1.25. The third-order valence-electron chi connectivity index (χ3n) is 2.99. The molecule has 4 heteroatoms. The van der Waals surface area contributed by atoms with Crippen molar-refractivity contribution in [2.24, 2.45) is 0 Å². The first-order valence-electron chi connectivity index (χ1n) is 6.57. The van der Waals surface area contributed by atoms with Crippen molar-refractivity contribution < 1.29 is 8.78 Å². The molecule has 0 fully saturated rings. The predicted molar refractivity (Wildman–Crippen MR) is 79.0 cm³/mol. The number of benzene rings is 2. The molecule has 0 radical (unpaired) electrons. The van der Waals surface area contributed by atoms with E-state index >= 15 is 0 Å². The average Bonchev–Trinajstić information content (AvgIpc) is 2.41. The van der Waals surface area contributed by atoms with Crippen molar-refractivity contribution in [3.8, 4) is 0 Å². The van der Waals surface area contributed by atoms with Gasteiger partial charge in [0.05, 0.1) is 4.90 Å². The maximum atomic E-state index is 14.1. The van der Waals surface area contributed by atoms with E-state index in [9.17, 15) is 8.78 Å². The molecule has 0 aliphatic heterocycles. The molecule has 0 spiro atoms. The van der Waals surface area contributed by atoms with Gasteiger partial charge in [-0.3, -0.25) is 0 Å². The molecular weight excluding hydrogens is 276 g/mol. The Bertz CT molecular complexity index is 586. The van der Waals surface area contributed by atoms with E-state index < -0.39 is 0 Å². The topological polar surface area (TPSA) is 12.0 Å². The lowest BCUT2D eigenvalue weighted by Gasteiger charge is -2.17. The highest BCUT2D eigenvalue weighted by Gasteiger charge is 2.15. The highest BCUT2D eigenvalue weighted by atomic mass is 32.2. The van der Waals surface area contributed by atoms with Crippen molar-refractivity contribution in [3.05, 3.63) is 59.7 Å². The number of halogens is 2. The Labute approximate surface area is 122 Å². The fourth-order valence-corrected chi connectivity index (χ4v) is 3.12. The van der Waals surface area contributed by atoms with Gasteiger partial charge in [0.25, 0.3) is 0 Å². The average molecular weight is 293 g/mol. The molecule has 0 aromatic heterocycles. The third kappa shape index (κ3) is 3.58. The molecule has 0 amide bonds. The molecule has 0 aliphatic carbocycles. The Balaban J connectivity index is 2.35. The largest absolute Gasteiger partial charge is 0.310 e. The first-order chi connectivity index (χ1) is 9.61. The van der Waals surface area contributed by atoms with Gasteiger partial charge in [0, 0.05) is 10.9 Å². The molecule has 106 valence electrons. The van der Waals surface area contributed by atoms with Crippen LogP contribution in [0.25, 0.3) is 0 Å². The number of hydrogen-bond donors (Lipinski definition) is 1. The number of hydrogen-bond acceptors (Lipinski definition) is 2. The first-order valence-corrected chi connectivity index (χ1v) is 7.38. The highest BCUT2D eigenvalue weighted by molar-refractivity contribution is 7.99. The zero-order valence-corrected chi connectivity index (χ0v) is 12.3. The molecule has 0 saturated heterocycles. The van der Waals surface area contributed by atoms with Gasteiger partial charge in [0.15, 0.2) is 0 Å². The minimum absolute atomic E-state index is 0.0479. The van der Waals surface area contributed by atoms with E-state index in [1.165, 1.54) is 30.0 Å². The van der Waals surface area contributed by atoms with Gasteiger partial charge in [-0.05, 0) is 43.3 Å². The minimum atomic E-state index is -0.312. The Kier molecular flexibility index (Phi) is 5.15. The van der Waals surface area contributed by atoms with Crippen LogP contribution in [-0.4, -0.2) is 6.54 Å². The molecule has 0 saturated carbocycles.